The Labute approximate surface area is 162 Å². The number of ketones is 1. The van der Waals surface area contributed by atoms with E-state index in [0.29, 0.717) is 5.56 Å². The number of nitrogens with two attached hydrogens (primary N) is 1. The molecule has 29 heavy (non-hydrogen) atoms. The fourth-order valence-electron chi connectivity index (χ4n) is 2.98. The summed E-state index contributed by atoms with van der Waals surface area (Å²) >= 11 is 0. The van der Waals surface area contributed by atoms with E-state index in [1.54, 1.807) is 12.1 Å². The first-order valence-electron chi connectivity index (χ1n) is 8.38. The second kappa shape index (κ2) is 7.42. The van der Waals surface area contributed by atoms with Crippen molar-refractivity contribution in [3.8, 4) is 5.75 Å². The second-order valence-electron chi connectivity index (χ2n) is 6.32. The zero-order valence-electron chi connectivity index (χ0n) is 15.1. The Morgan fingerprint density at radius 1 is 1.10 bits per heavy atom. The fourth-order valence-corrected chi connectivity index (χ4v) is 2.98. The predicted octanol–water partition coefficient (Wildman–Crippen LogP) is 3.25. The molecule has 0 atom stereocenters. The van der Waals surface area contributed by atoms with Gasteiger partial charge in [-0.05, 0) is 36.8 Å². The maximum Gasteiger partial charge on any atom is 0.573 e. The first-order chi connectivity index (χ1) is 13.6. The van der Waals surface area contributed by atoms with Crippen LogP contribution in [0.25, 0.3) is 10.9 Å². The summed E-state index contributed by atoms with van der Waals surface area (Å²) in [7, 11) is 0. The highest BCUT2D eigenvalue weighted by atomic mass is 19.4. The molecule has 3 aromatic rings. The maximum atomic E-state index is 12.8. The molecule has 9 heteroatoms. The minimum atomic E-state index is -4.96. The van der Waals surface area contributed by atoms with Crippen molar-refractivity contribution >= 4 is 22.6 Å². The number of para-hydroxylation sites is 1. The first-order valence-corrected chi connectivity index (χ1v) is 8.38. The SMILES string of the molecule is CC(=O)c1cn(Cc2ccc(C(N)=O)cc2)c2c(OC(F)(F)F)cccc2c1=O. The van der Waals surface area contributed by atoms with Crippen molar-refractivity contribution in [2.45, 2.75) is 19.8 Å². The van der Waals surface area contributed by atoms with Gasteiger partial charge in [0, 0.05) is 18.3 Å². The van der Waals surface area contributed by atoms with Crippen molar-refractivity contribution in [3.63, 3.8) is 0 Å². The number of alkyl halides is 3. The molecule has 0 aliphatic rings. The highest BCUT2D eigenvalue weighted by Crippen LogP contribution is 2.30. The Hall–Kier alpha value is -3.62. The Balaban J connectivity index is 2.22. The van der Waals surface area contributed by atoms with Gasteiger partial charge in [-0.25, -0.2) is 0 Å². The van der Waals surface area contributed by atoms with Crippen LogP contribution in [0.2, 0.25) is 0 Å². The molecule has 0 saturated carbocycles. The molecular weight excluding hydrogens is 389 g/mol. The summed E-state index contributed by atoms with van der Waals surface area (Å²) in [6.07, 6.45) is -3.75. The molecule has 0 bridgehead atoms. The average Bonchev–Trinajstić information content (AvgIpc) is 2.63. The van der Waals surface area contributed by atoms with Gasteiger partial charge in [0.05, 0.1) is 16.5 Å². The lowest BCUT2D eigenvalue weighted by atomic mass is 10.1. The van der Waals surface area contributed by atoms with E-state index in [2.05, 4.69) is 4.74 Å². The van der Waals surface area contributed by atoms with Gasteiger partial charge in [-0.15, -0.1) is 13.2 Å². The summed E-state index contributed by atoms with van der Waals surface area (Å²) < 4.78 is 44.0. The average molecular weight is 404 g/mol. The quantitative estimate of drug-likeness (QED) is 0.661. The molecule has 2 N–H and O–H groups in total. The topological polar surface area (TPSA) is 91.4 Å². The summed E-state index contributed by atoms with van der Waals surface area (Å²) in [5.74, 6) is -1.70. The molecule has 0 fully saturated rings. The van der Waals surface area contributed by atoms with Gasteiger partial charge in [0.15, 0.2) is 17.0 Å². The summed E-state index contributed by atoms with van der Waals surface area (Å²) in [5.41, 5.74) is 5.14. The first kappa shape index (κ1) is 20.1. The summed E-state index contributed by atoms with van der Waals surface area (Å²) in [6, 6.07) is 9.77. The zero-order valence-corrected chi connectivity index (χ0v) is 15.1. The molecule has 6 nitrogen and oxygen atoms in total. The van der Waals surface area contributed by atoms with Crippen molar-refractivity contribution in [2.75, 3.05) is 0 Å². The summed E-state index contributed by atoms with van der Waals surface area (Å²) in [5, 5.41) is -0.0757. The van der Waals surface area contributed by atoms with Crippen LogP contribution in [0.15, 0.2) is 53.5 Å². The number of hydrogen-bond donors (Lipinski definition) is 1. The minimum absolute atomic E-state index is 0.0222. The monoisotopic (exact) mass is 404 g/mol. The Kier molecular flexibility index (Phi) is 5.15. The normalized spacial score (nSPS) is 11.4. The molecule has 0 unspecified atom stereocenters. The van der Waals surface area contributed by atoms with E-state index in [4.69, 9.17) is 5.73 Å². The maximum absolute atomic E-state index is 12.8. The lowest BCUT2D eigenvalue weighted by Crippen LogP contribution is -2.21. The van der Waals surface area contributed by atoms with Crippen molar-refractivity contribution < 1.29 is 27.5 Å². The van der Waals surface area contributed by atoms with Crippen LogP contribution in [0.1, 0.15) is 33.2 Å². The van der Waals surface area contributed by atoms with Gasteiger partial charge in [-0.3, -0.25) is 14.4 Å². The van der Waals surface area contributed by atoms with Gasteiger partial charge in [0.2, 0.25) is 5.91 Å². The number of aromatic nitrogens is 1. The van der Waals surface area contributed by atoms with Crippen LogP contribution in [0, 0.1) is 0 Å². The van der Waals surface area contributed by atoms with E-state index in [-0.39, 0.29) is 28.6 Å². The minimum Gasteiger partial charge on any atom is -0.404 e. The number of benzene rings is 2. The molecule has 0 aliphatic heterocycles. The van der Waals surface area contributed by atoms with Gasteiger partial charge in [-0.1, -0.05) is 18.2 Å². The van der Waals surface area contributed by atoms with Gasteiger partial charge < -0.3 is 15.0 Å². The van der Waals surface area contributed by atoms with Crippen LogP contribution in [0.5, 0.6) is 5.75 Å². The molecule has 1 heterocycles. The van der Waals surface area contributed by atoms with Crippen molar-refractivity contribution in [2.24, 2.45) is 5.73 Å². The molecule has 0 radical (unpaired) electrons. The molecule has 2 aromatic carbocycles. The molecule has 150 valence electrons. The fraction of sp³-hybridized carbons (Fsp3) is 0.150. The zero-order chi connectivity index (χ0) is 21.3. The number of amides is 1. The number of fused-ring (bicyclic) bond motifs is 1. The Morgan fingerprint density at radius 3 is 2.31 bits per heavy atom. The number of carbonyl (C=O) groups excluding carboxylic acids is 2. The summed E-state index contributed by atoms with van der Waals surface area (Å²) in [4.78, 5) is 35.7. The predicted molar refractivity (Wildman–Crippen MR) is 99.0 cm³/mol. The molecular formula is C20H15F3N2O4. The van der Waals surface area contributed by atoms with Crippen LogP contribution in [-0.4, -0.2) is 22.6 Å². The van der Waals surface area contributed by atoms with E-state index in [0.717, 1.165) is 6.07 Å². The third kappa shape index (κ3) is 4.29. The van der Waals surface area contributed by atoms with E-state index in [1.165, 1.54) is 42.0 Å². The van der Waals surface area contributed by atoms with Crippen LogP contribution < -0.4 is 15.9 Å². The van der Waals surface area contributed by atoms with Gasteiger partial charge in [0.1, 0.15) is 0 Å². The van der Waals surface area contributed by atoms with E-state index < -0.39 is 29.2 Å². The second-order valence-corrected chi connectivity index (χ2v) is 6.32. The van der Waals surface area contributed by atoms with E-state index in [9.17, 15) is 27.6 Å². The number of hydrogen-bond acceptors (Lipinski definition) is 4. The lowest BCUT2D eigenvalue weighted by Gasteiger charge is -2.17. The molecule has 0 saturated heterocycles. The van der Waals surface area contributed by atoms with Gasteiger partial charge >= 0.3 is 6.36 Å². The third-order valence-corrected chi connectivity index (χ3v) is 4.26. The van der Waals surface area contributed by atoms with E-state index >= 15 is 0 Å². The lowest BCUT2D eigenvalue weighted by molar-refractivity contribution is -0.274. The molecule has 0 aliphatic carbocycles. The standard InChI is InChI=1S/C20H15F3N2O4/c1-11(26)15-10-25(9-12-5-7-13(8-6-12)19(24)28)17-14(18(15)27)3-2-4-16(17)29-20(21,22)23/h2-8,10H,9H2,1H3,(H2,24,28). The van der Waals surface area contributed by atoms with Crippen molar-refractivity contribution in [3.05, 3.63) is 75.6 Å². The molecule has 0 spiro atoms. The molecule has 1 aromatic heterocycles. The molecule has 1 amide bonds. The van der Waals surface area contributed by atoms with Crippen molar-refractivity contribution in [1.82, 2.24) is 4.57 Å². The van der Waals surface area contributed by atoms with Gasteiger partial charge in [-0.2, -0.15) is 0 Å². The highest BCUT2D eigenvalue weighted by Gasteiger charge is 2.32. The number of rotatable bonds is 5. The smallest absolute Gasteiger partial charge is 0.404 e. The molecule has 3 rings (SSSR count). The number of primary amides is 1. The van der Waals surface area contributed by atoms with Crippen molar-refractivity contribution in [1.29, 1.82) is 0 Å². The van der Waals surface area contributed by atoms with Gasteiger partial charge in [0.25, 0.3) is 0 Å². The number of nitrogens with zero attached hydrogens (tertiary/aromatic N) is 1. The number of pyridine rings is 1. The van der Waals surface area contributed by atoms with Crippen LogP contribution in [0.3, 0.4) is 0 Å². The third-order valence-electron chi connectivity index (χ3n) is 4.26. The Morgan fingerprint density at radius 2 is 1.76 bits per heavy atom. The summed E-state index contributed by atoms with van der Waals surface area (Å²) in [6.45, 7) is 1.22. The van der Waals surface area contributed by atoms with Crippen LogP contribution in [-0.2, 0) is 6.54 Å². The number of ether oxygens (including phenoxy) is 1. The number of carbonyl (C=O) groups is 2. The highest BCUT2D eigenvalue weighted by molar-refractivity contribution is 5.98. The van der Waals surface area contributed by atoms with E-state index in [1.807, 2.05) is 0 Å². The number of halogens is 3. The van der Waals surface area contributed by atoms with Crippen LogP contribution in [0.4, 0.5) is 13.2 Å². The van der Waals surface area contributed by atoms with Crippen LogP contribution >= 0.6 is 0 Å². The number of Topliss-reactive ketones (excluding diaryl/α,β-unsaturated/α-hetero) is 1. The largest absolute Gasteiger partial charge is 0.573 e. The Bertz CT molecular complexity index is 1170.